The number of pyridine rings is 1. The van der Waals surface area contributed by atoms with Gasteiger partial charge in [0.1, 0.15) is 5.82 Å². The van der Waals surface area contributed by atoms with Gasteiger partial charge in [0.2, 0.25) is 0 Å². The van der Waals surface area contributed by atoms with Crippen molar-refractivity contribution in [1.82, 2.24) is 4.98 Å². The van der Waals surface area contributed by atoms with Crippen molar-refractivity contribution in [3.63, 3.8) is 0 Å². The number of anilines is 2. The average molecular weight is 280 g/mol. The minimum absolute atomic E-state index is 0.00508. The highest BCUT2D eigenvalue weighted by molar-refractivity contribution is 6.30. The van der Waals surface area contributed by atoms with Gasteiger partial charge >= 0.3 is 0 Å². The first-order valence-electron chi connectivity index (χ1n) is 5.46. The number of carbonyl (C=O) groups excluding carboxylic acids is 1. The number of nitrogen functional groups attached to an aromatic ring is 1. The lowest BCUT2D eigenvalue weighted by atomic mass is 10.2. The normalized spacial score (nSPS) is 10.3. The maximum atomic E-state index is 13.2. The van der Waals surface area contributed by atoms with Crippen LogP contribution >= 0.6 is 11.6 Å². The third-order valence-corrected chi connectivity index (χ3v) is 2.80. The van der Waals surface area contributed by atoms with Crippen molar-refractivity contribution in [1.29, 1.82) is 0 Å². The molecule has 19 heavy (non-hydrogen) atoms. The van der Waals surface area contributed by atoms with Crippen LogP contribution in [0.3, 0.4) is 0 Å². The first-order valence-corrected chi connectivity index (χ1v) is 5.83. The molecule has 0 saturated heterocycles. The van der Waals surface area contributed by atoms with Crippen LogP contribution in [0, 0.1) is 12.7 Å². The molecule has 1 heterocycles. The highest BCUT2D eigenvalue weighted by Gasteiger charge is 2.11. The summed E-state index contributed by atoms with van der Waals surface area (Å²) in [6, 6.07) is 5.60. The van der Waals surface area contributed by atoms with E-state index in [4.69, 9.17) is 17.3 Å². The Kier molecular flexibility index (Phi) is 3.66. The molecule has 3 N–H and O–H groups in total. The number of rotatable bonds is 2. The van der Waals surface area contributed by atoms with Crippen LogP contribution in [0.5, 0.6) is 0 Å². The number of nitrogens with two attached hydrogens (primary N) is 1. The maximum absolute atomic E-state index is 13.2. The van der Waals surface area contributed by atoms with Crippen molar-refractivity contribution in [3.05, 3.63) is 52.6 Å². The minimum atomic E-state index is -0.602. The number of carbonyl (C=O) groups is 1. The van der Waals surface area contributed by atoms with Gasteiger partial charge in [0.05, 0.1) is 10.6 Å². The minimum Gasteiger partial charge on any atom is -0.398 e. The van der Waals surface area contributed by atoms with Crippen LogP contribution in [-0.2, 0) is 0 Å². The second-order valence-electron chi connectivity index (χ2n) is 4.00. The molecule has 0 aliphatic carbocycles. The molecule has 0 saturated carbocycles. The highest BCUT2D eigenvalue weighted by Crippen LogP contribution is 2.20. The molecule has 6 heteroatoms. The number of aromatic nitrogens is 1. The van der Waals surface area contributed by atoms with E-state index in [1.54, 1.807) is 13.0 Å². The van der Waals surface area contributed by atoms with Crippen molar-refractivity contribution >= 4 is 28.9 Å². The lowest BCUT2D eigenvalue weighted by molar-refractivity contribution is 0.102. The third-order valence-electron chi connectivity index (χ3n) is 2.49. The Hall–Kier alpha value is -2.14. The van der Waals surface area contributed by atoms with Crippen molar-refractivity contribution < 1.29 is 9.18 Å². The lowest BCUT2D eigenvalue weighted by Crippen LogP contribution is -2.14. The molecule has 0 spiro atoms. The molecule has 0 atom stereocenters. The molecule has 0 unspecified atom stereocenters. The van der Waals surface area contributed by atoms with Crippen molar-refractivity contribution in [2.45, 2.75) is 6.92 Å². The standard InChI is InChI=1S/C13H11ClFN3O/c1-7-4-12(16)9(6-17-7)13(19)18-8-2-3-10(14)11(15)5-8/h2-6H,1H3,(H2,16,17)(H,18,19). The van der Waals surface area contributed by atoms with Crippen LogP contribution in [0.2, 0.25) is 5.02 Å². The Morgan fingerprint density at radius 3 is 2.79 bits per heavy atom. The first-order chi connectivity index (χ1) is 8.97. The van der Waals surface area contributed by atoms with Gasteiger partial charge in [-0.25, -0.2) is 4.39 Å². The molecule has 2 aromatic rings. The second kappa shape index (κ2) is 5.24. The Labute approximate surface area is 114 Å². The van der Waals surface area contributed by atoms with Crippen LogP contribution in [0.1, 0.15) is 16.1 Å². The monoisotopic (exact) mass is 279 g/mol. The van der Waals surface area contributed by atoms with Gasteiger partial charge in [0.25, 0.3) is 5.91 Å². The third kappa shape index (κ3) is 3.00. The fraction of sp³-hybridized carbons (Fsp3) is 0.0769. The number of hydrogen-bond acceptors (Lipinski definition) is 3. The molecule has 0 aliphatic rings. The lowest BCUT2D eigenvalue weighted by Gasteiger charge is -2.08. The van der Waals surface area contributed by atoms with Crippen LogP contribution in [0.4, 0.5) is 15.8 Å². The number of nitrogens with one attached hydrogen (secondary N) is 1. The average Bonchev–Trinajstić information content (AvgIpc) is 2.33. The topological polar surface area (TPSA) is 68.0 Å². The number of nitrogens with zero attached hydrogens (tertiary/aromatic N) is 1. The summed E-state index contributed by atoms with van der Waals surface area (Å²) in [5.74, 6) is -1.05. The van der Waals surface area contributed by atoms with Crippen molar-refractivity contribution in [2.24, 2.45) is 0 Å². The molecule has 1 amide bonds. The van der Waals surface area contributed by atoms with Gasteiger partial charge < -0.3 is 11.1 Å². The summed E-state index contributed by atoms with van der Waals surface area (Å²) in [5, 5.41) is 2.52. The van der Waals surface area contributed by atoms with Gasteiger partial charge in [-0.1, -0.05) is 11.6 Å². The van der Waals surface area contributed by atoms with Crippen LogP contribution in [-0.4, -0.2) is 10.9 Å². The number of aryl methyl sites for hydroxylation is 1. The Bertz CT molecular complexity index is 646. The van der Waals surface area contributed by atoms with E-state index in [2.05, 4.69) is 10.3 Å². The van der Waals surface area contributed by atoms with E-state index < -0.39 is 11.7 Å². The predicted molar refractivity (Wildman–Crippen MR) is 72.7 cm³/mol. The summed E-state index contributed by atoms with van der Waals surface area (Å²) in [4.78, 5) is 16.0. The van der Waals surface area contributed by atoms with Crippen molar-refractivity contribution in [2.75, 3.05) is 11.1 Å². The molecule has 0 aliphatic heterocycles. The van der Waals surface area contributed by atoms with Crippen molar-refractivity contribution in [3.8, 4) is 0 Å². The summed E-state index contributed by atoms with van der Waals surface area (Å²) in [6.45, 7) is 1.77. The van der Waals surface area contributed by atoms with Gasteiger partial charge in [-0.05, 0) is 31.2 Å². The number of benzene rings is 1. The Morgan fingerprint density at radius 1 is 1.42 bits per heavy atom. The van der Waals surface area contributed by atoms with E-state index in [-0.39, 0.29) is 10.6 Å². The fourth-order valence-corrected chi connectivity index (χ4v) is 1.66. The smallest absolute Gasteiger partial charge is 0.259 e. The summed E-state index contributed by atoms with van der Waals surface area (Å²) >= 11 is 5.56. The molecule has 0 fully saturated rings. The van der Waals surface area contributed by atoms with Crippen LogP contribution < -0.4 is 11.1 Å². The predicted octanol–water partition coefficient (Wildman–Crippen LogP) is 3.02. The van der Waals surface area contributed by atoms with Gasteiger partial charge in [-0.2, -0.15) is 0 Å². The van der Waals surface area contributed by atoms with E-state index in [9.17, 15) is 9.18 Å². The van der Waals surface area contributed by atoms with E-state index in [0.29, 0.717) is 17.1 Å². The van der Waals surface area contributed by atoms with Gasteiger partial charge in [-0.3, -0.25) is 9.78 Å². The van der Waals surface area contributed by atoms with E-state index >= 15 is 0 Å². The molecule has 4 nitrogen and oxygen atoms in total. The van der Waals surface area contributed by atoms with E-state index in [0.717, 1.165) is 6.07 Å². The van der Waals surface area contributed by atoms with E-state index in [1.165, 1.54) is 18.3 Å². The Balaban J connectivity index is 2.23. The number of halogens is 2. The zero-order chi connectivity index (χ0) is 14.0. The zero-order valence-electron chi connectivity index (χ0n) is 10.1. The number of amides is 1. The molecule has 1 aromatic heterocycles. The quantitative estimate of drug-likeness (QED) is 0.888. The Morgan fingerprint density at radius 2 is 2.16 bits per heavy atom. The molecule has 0 radical (unpaired) electrons. The zero-order valence-corrected chi connectivity index (χ0v) is 10.8. The molecular weight excluding hydrogens is 269 g/mol. The molecule has 1 aromatic carbocycles. The van der Waals surface area contributed by atoms with Crippen LogP contribution in [0.15, 0.2) is 30.5 Å². The van der Waals surface area contributed by atoms with E-state index in [1.807, 2.05) is 0 Å². The molecular formula is C13H11ClFN3O. The largest absolute Gasteiger partial charge is 0.398 e. The second-order valence-corrected chi connectivity index (χ2v) is 4.40. The summed E-state index contributed by atoms with van der Waals surface area (Å²) in [6.07, 6.45) is 1.38. The molecule has 0 bridgehead atoms. The summed E-state index contributed by atoms with van der Waals surface area (Å²) < 4.78 is 13.2. The SMILES string of the molecule is Cc1cc(N)c(C(=O)Nc2ccc(Cl)c(F)c2)cn1. The molecule has 2 rings (SSSR count). The maximum Gasteiger partial charge on any atom is 0.259 e. The molecule has 98 valence electrons. The number of hydrogen-bond donors (Lipinski definition) is 2. The summed E-state index contributed by atoms with van der Waals surface area (Å²) in [7, 11) is 0. The summed E-state index contributed by atoms with van der Waals surface area (Å²) in [5.41, 5.74) is 7.30. The van der Waals surface area contributed by atoms with Gasteiger partial charge in [0, 0.05) is 23.3 Å². The fourth-order valence-electron chi connectivity index (χ4n) is 1.54. The van der Waals surface area contributed by atoms with Gasteiger partial charge in [-0.15, -0.1) is 0 Å². The van der Waals surface area contributed by atoms with Gasteiger partial charge in [0.15, 0.2) is 0 Å². The van der Waals surface area contributed by atoms with Crippen LogP contribution in [0.25, 0.3) is 0 Å². The highest BCUT2D eigenvalue weighted by atomic mass is 35.5. The first kappa shape index (κ1) is 13.3.